The van der Waals surface area contributed by atoms with Crippen LogP contribution in [0, 0.1) is 0 Å². The minimum atomic E-state index is 0.215. The number of rotatable bonds is 7. The predicted molar refractivity (Wildman–Crippen MR) is 75.6 cm³/mol. The number of Topliss-reactive ketones (excluding diaryl/α,β-unsaturated/α-hetero) is 1. The fourth-order valence-corrected chi connectivity index (χ4v) is 2.29. The normalized spacial score (nSPS) is 10.4. The summed E-state index contributed by atoms with van der Waals surface area (Å²) in [6.07, 6.45) is 4.61. The van der Waals surface area contributed by atoms with Gasteiger partial charge >= 0.3 is 0 Å². The van der Waals surface area contributed by atoms with E-state index in [4.69, 9.17) is 4.74 Å². The molecule has 1 aromatic carbocycles. The van der Waals surface area contributed by atoms with Gasteiger partial charge in [0.05, 0.1) is 7.11 Å². The van der Waals surface area contributed by atoms with Crippen LogP contribution in [0.2, 0.25) is 0 Å². The Kier molecular flexibility index (Phi) is 5.90. The van der Waals surface area contributed by atoms with E-state index in [2.05, 4.69) is 13.8 Å². The second kappa shape index (κ2) is 7.20. The van der Waals surface area contributed by atoms with Gasteiger partial charge in [-0.2, -0.15) is 0 Å². The molecule has 100 valence electrons. The molecule has 1 aromatic rings. The van der Waals surface area contributed by atoms with Crippen LogP contribution in [0.5, 0.6) is 5.75 Å². The Bertz CT molecular complexity index is 381. The number of ketones is 1. The second-order valence-corrected chi connectivity index (χ2v) is 4.60. The number of carbonyl (C=O) groups excluding carboxylic acids is 1. The molecule has 0 N–H and O–H groups in total. The summed E-state index contributed by atoms with van der Waals surface area (Å²) in [5.74, 6) is 1.19. The lowest BCUT2D eigenvalue weighted by Gasteiger charge is -2.15. The van der Waals surface area contributed by atoms with Gasteiger partial charge in [0.2, 0.25) is 0 Å². The number of hydrogen-bond donors (Lipinski definition) is 0. The SMILES string of the molecule is CCCc1cc(C(=O)CC)cc(CCC)c1OC. The summed E-state index contributed by atoms with van der Waals surface area (Å²) >= 11 is 0. The zero-order chi connectivity index (χ0) is 13.5. The third-order valence-electron chi connectivity index (χ3n) is 3.13. The van der Waals surface area contributed by atoms with Crippen molar-refractivity contribution in [1.82, 2.24) is 0 Å². The molecular weight excluding hydrogens is 224 g/mol. The van der Waals surface area contributed by atoms with E-state index in [0.29, 0.717) is 6.42 Å². The summed E-state index contributed by atoms with van der Waals surface area (Å²) in [5, 5.41) is 0. The molecule has 0 aliphatic carbocycles. The topological polar surface area (TPSA) is 26.3 Å². The molecule has 0 spiro atoms. The Labute approximate surface area is 110 Å². The zero-order valence-corrected chi connectivity index (χ0v) is 12.0. The summed E-state index contributed by atoms with van der Waals surface area (Å²) < 4.78 is 5.54. The largest absolute Gasteiger partial charge is 0.496 e. The highest BCUT2D eigenvalue weighted by Gasteiger charge is 2.13. The van der Waals surface area contributed by atoms with Crippen LogP contribution in [-0.4, -0.2) is 12.9 Å². The first-order valence-electron chi connectivity index (χ1n) is 6.90. The number of benzene rings is 1. The van der Waals surface area contributed by atoms with Crippen LogP contribution in [0.3, 0.4) is 0 Å². The molecule has 0 saturated carbocycles. The number of carbonyl (C=O) groups is 1. The van der Waals surface area contributed by atoms with Crippen molar-refractivity contribution in [2.45, 2.75) is 52.9 Å². The Morgan fingerprint density at radius 2 is 1.56 bits per heavy atom. The van der Waals surface area contributed by atoms with Crippen LogP contribution in [0.25, 0.3) is 0 Å². The highest BCUT2D eigenvalue weighted by atomic mass is 16.5. The molecule has 0 aliphatic heterocycles. The van der Waals surface area contributed by atoms with Gasteiger partial charge in [-0.3, -0.25) is 4.79 Å². The third-order valence-corrected chi connectivity index (χ3v) is 3.13. The van der Waals surface area contributed by atoms with Crippen LogP contribution in [0.4, 0.5) is 0 Å². The Hall–Kier alpha value is -1.31. The summed E-state index contributed by atoms with van der Waals surface area (Å²) in [6.45, 7) is 6.20. The lowest BCUT2D eigenvalue weighted by molar-refractivity contribution is 0.0988. The van der Waals surface area contributed by atoms with E-state index in [1.165, 1.54) is 11.1 Å². The average molecular weight is 248 g/mol. The summed E-state index contributed by atoms with van der Waals surface area (Å²) in [6, 6.07) is 4.01. The van der Waals surface area contributed by atoms with Crippen molar-refractivity contribution in [1.29, 1.82) is 0 Å². The average Bonchev–Trinajstić information content (AvgIpc) is 2.38. The van der Waals surface area contributed by atoms with Crippen molar-refractivity contribution in [2.24, 2.45) is 0 Å². The molecule has 0 aliphatic rings. The maximum Gasteiger partial charge on any atom is 0.162 e. The van der Waals surface area contributed by atoms with Crippen LogP contribution < -0.4 is 4.74 Å². The first-order chi connectivity index (χ1) is 8.67. The van der Waals surface area contributed by atoms with E-state index in [1.807, 2.05) is 19.1 Å². The van der Waals surface area contributed by atoms with E-state index in [0.717, 1.165) is 37.0 Å². The van der Waals surface area contributed by atoms with Gasteiger partial charge in [-0.25, -0.2) is 0 Å². The van der Waals surface area contributed by atoms with Gasteiger partial charge in [-0.1, -0.05) is 33.6 Å². The van der Waals surface area contributed by atoms with Gasteiger partial charge in [0.25, 0.3) is 0 Å². The van der Waals surface area contributed by atoms with Gasteiger partial charge in [-0.05, 0) is 36.1 Å². The first-order valence-corrected chi connectivity index (χ1v) is 6.90. The molecule has 0 atom stereocenters. The lowest BCUT2D eigenvalue weighted by Crippen LogP contribution is -2.04. The fourth-order valence-electron chi connectivity index (χ4n) is 2.29. The standard InChI is InChI=1S/C16H24O2/c1-5-8-12-10-14(15(17)7-3)11-13(9-6-2)16(12)18-4/h10-11H,5-9H2,1-4H3. The highest BCUT2D eigenvalue weighted by Crippen LogP contribution is 2.28. The molecule has 0 aromatic heterocycles. The van der Waals surface area contributed by atoms with Gasteiger partial charge in [0, 0.05) is 12.0 Å². The van der Waals surface area contributed by atoms with E-state index in [9.17, 15) is 4.79 Å². The van der Waals surface area contributed by atoms with Gasteiger partial charge in [0.15, 0.2) is 5.78 Å². The predicted octanol–water partition coefficient (Wildman–Crippen LogP) is 4.19. The van der Waals surface area contributed by atoms with Crippen LogP contribution in [0.1, 0.15) is 61.5 Å². The lowest BCUT2D eigenvalue weighted by atomic mass is 9.96. The Balaban J connectivity index is 3.28. The third kappa shape index (κ3) is 3.34. The second-order valence-electron chi connectivity index (χ2n) is 4.60. The zero-order valence-electron chi connectivity index (χ0n) is 12.0. The van der Waals surface area contributed by atoms with Crippen LogP contribution >= 0.6 is 0 Å². The van der Waals surface area contributed by atoms with Gasteiger partial charge in [-0.15, -0.1) is 0 Å². The first kappa shape index (κ1) is 14.7. The van der Waals surface area contributed by atoms with E-state index in [-0.39, 0.29) is 5.78 Å². The van der Waals surface area contributed by atoms with Gasteiger partial charge < -0.3 is 4.74 Å². The molecule has 0 unspecified atom stereocenters. The molecule has 2 heteroatoms. The van der Waals surface area contributed by atoms with E-state index in [1.54, 1.807) is 7.11 Å². The summed E-state index contributed by atoms with van der Waals surface area (Å²) in [4.78, 5) is 11.9. The fraction of sp³-hybridized carbons (Fsp3) is 0.562. The smallest absolute Gasteiger partial charge is 0.162 e. The van der Waals surface area contributed by atoms with Crippen LogP contribution in [0.15, 0.2) is 12.1 Å². The molecule has 2 nitrogen and oxygen atoms in total. The quantitative estimate of drug-likeness (QED) is 0.676. The monoisotopic (exact) mass is 248 g/mol. The van der Waals surface area contributed by atoms with Crippen molar-refractivity contribution in [3.63, 3.8) is 0 Å². The molecular formula is C16H24O2. The number of aryl methyl sites for hydroxylation is 2. The minimum absolute atomic E-state index is 0.215. The van der Waals surface area contributed by atoms with Crippen molar-refractivity contribution in [3.8, 4) is 5.75 Å². The van der Waals surface area contributed by atoms with Crippen molar-refractivity contribution < 1.29 is 9.53 Å². The molecule has 0 amide bonds. The van der Waals surface area contributed by atoms with E-state index < -0.39 is 0 Å². The number of ether oxygens (including phenoxy) is 1. The van der Waals surface area contributed by atoms with E-state index >= 15 is 0 Å². The number of hydrogen-bond acceptors (Lipinski definition) is 2. The Morgan fingerprint density at radius 3 is 1.89 bits per heavy atom. The Morgan fingerprint density at radius 1 is 1.06 bits per heavy atom. The molecule has 0 fully saturated rings. The molecule has 1 rings (SSSR count). The molecule has 18 heavy (non-hydrogen) atoms. The molecule has 0 heterocycles. The minimum Gasteiger partial charge on any atom is -0.496 e. The molecule has 0 radical (unpaired) electrons. The van der Waals surface area contributed by atoms with Crippen LogP contribution in [-0.2, 0) is 12.8 Å². The number of methoxy groups -OCH3 is 1. The maximum absolute atomic E-state index is 11.9. The summed E-state index contributed by atoms with van der Waals surface area (Å²) in [7, 11) is 1.72. The summed E-state index contributed by atoms with van der Waals surface area (Å²) in [5.41, 5.74) is 3.18. The molecule has 0 saturated heterocycles. The van der Waals surface area contributed by atoms with Crippen molar-refractivity contribution in [3.05, 3.63) is 28.8 Å². The molecule has 0 bridgehead atoms. The highest BCUT2D eigenvalue weighted by molar-refractivity contribution is 5.96. The van der Waals surface area contributed by atoms with Crippen molar-refractivity contribution in [2.75, 3.05) is 7.11 Å². The van der Waals surface area contributed by atoms with Gasteiger partial charge in [0.1, 0.15) is 5.75 Å². The maximum atomic E-state index is 11.9. The van der Waals surface area contributed by atoms with Crippen molar-refractivity contribution >= 4 is 5.78 Å².